The molecule has 104 valence electrons. The maximum Gasteiger partial charge on any atom is 0.221 e. The topological polar surface area (TPSA) is 87.3 Å². The third-order valence-corrected chi connectivity index (χ3v) is 5.04. The molecule has 2 aliphatic rings. The van der Waals surface area contributed by atoms with Crippen molar-refractivity contribution in [1.82, 2.24) is 15.4 Å². The van der Waals surface area contributed by atoms with E-state index in [0.29, 0.717) is 18.9 Å². The molecular formula is C11H21N3O3S. The molecule has 2 saturated heterocycles. The second kappa shape index (κ2) is 5.99. The molecule has 0 spiro atoms. The van der Waals surface area contributed by atoms with Crippen molar-refractivity contribution < 1.29 is 13.2 Å². The fraction of sp³-hybridized carbons (Fsp3) is 0.909. The Balaban J connectivity index is 1.74. The quantitative estimate of drug-likeness (QED) is 0.612. The zero-order valence-electron chi connectivity index (χ0n) is 10.4. The van der Waals surface area contributed by atoms with Gasteiger partial charge in [-0.15, -0.1) is 0 Å². The molecule has 1 amide bonds. The summed E-state index contributed by atoms with van der Waals surface area (Å²) in [5.74, 6) is 0.592. The van der Waals surface area contributed by atoms with Gasteiger partial charge in [0.05, 0.1) is 5.75 Å². The number of hydrogen-bond donors (Lipinski definition) is 3. The molecule has 2 rings (SSSR count). The van der Waals surface area contributed by atoms with Crippen molar-refractivity contribution >= 4 is 15.9 Å². The van der Waals surface area contributed by atoms with E-state index in [1.165, 1.54) is 0 Å². The third-order valence-electron chi connectivity index (χ3n) is 3.58. The molecule has 0 bridgehead atoms. The highest BCUT2D eigenvalue weighted by atomic mass is 32.2. The van der Waals surface area contributed by atoms with Crippen LogP contribution in [0, 0.1) is 5.92 Å². The van der Waals surface area contributed by atoms with E-state index in [2.05, 4.69) is 15.4 Å². The fourth-order valence-corrected chi connectivity index (χ4v) is 3.93. The average Bonchev–Trinajstić information content (AvgIpc) is 2.73. The highest BCUT2D eigenvalue weighted by Gasteiger charge is 2.26. The van der Waals surface area contributed by atoms with Crippen molar-refractivity contribution in [1.29, 1.82) is 0 Å². The number of sulfonamides is 1. The summed E-state index contributed by atoms with van der Waals surface area (Å²) in [6.07, 6.45) is 3.08. The molecule has 2 fully saturated rings. The van der Waals surface area contributed by atoms with E-state index >= 15 is 0 Å². The lowest BCUT2D eigenvalue weighted by Gasteiger charge is -2.22. The summed E-state index contributed by atoms with van der Waals surface area (Å²) in [7, 11) is -3.25. The molecule has 0 aliphatic carbocycles. The van der Waals surface area contributed by atoms with Crippen molar-refractivity contribution in [3.63, 3.8) is 0 Å². The van der Waals surface area contributed by atoms with Gasteiger partial charge >= 0.3 is 0 Å². The molecule has 2 aliphatic heterocycles. The Hall–Kier alpha value is -0.660. The Morgan fingerprint density at radius 1 is 1.28 bits per heavy atom. The van der Waals surface area contributed by atoms with Gasteiger partial charge in [-0.3, -0.25) is 4.79 Å². The van der Waals surface area contributed by atoms with Crippen LogP contribution < -0.4 is 15.4 Å². The molecular weight excluding hydrogens is 254 g/mol. The molecule has 18 heavy (non-hydrogen) atoms. The molecule has 0 saturated carbocycles. The van der Waals surface area contributed by atoms with Gasteiger partial charge in [0.25, 0.3) is 0 Å². The van der Waals surface area contributed by atoms with Crippen LogP contribution in [0.3, 0.4) is 0 Å². The largest absolute Gasteiger partial charge is 0.354 e. The Morgan fingerprint density at radius 3 is 2.61 bits per heavy atom. The van der Waals surface area contributed by atoms with E-state index in [1.807, 2.05) is 0 Å². The monoisotopic (exact) mass is 275 g/mol. The van der Waals surface area contributed by atoms with Crippen molar-refractivity contribution in [2.24, 2.45) is 5.92 Å². The van der Waals surface area contributed by atoms with E-state index in [9.17, 15) is 13.2 Å². The molecule has 0 aromatic rings. The normalized spacial score (nSPS) is 26.2. The van der Waals surface area contributed by atoms with Gasteiger partial charge in [-0.05, 0) is 38.3 Å². The predicted molar refractivity (Wildman–Crippen MR) is 68.5 cm³/mol. The van der Waals surface area contributed by atoms with Crippen molar-refractivity contribution in [2.45, 2.75) is 31.7 Å². The fourth-order valence-electron chi connectivity index (χ4n) is 2.49. The summed E-state index contributed by atoms with van der Waals surface area (Å²) in [6, 6.07) is -0.268. The lowest BCUT2D eigenvalue weighted by atomic mass is 9.96. The smallest absolute Gasteiger partial charge is 0.221 e. The van der Waals surface area contributed by atoms with Crippen LogP contribution in [0.25, 0.3) is 0 Å². The SMILES string of the molecule is O=C1CC(NS(=O)(=O)CCC2CCNCC2)CN1. The molecule has 0 aromatic carbocycles. The first-order valence-electron chi connectivity index (χ1n) is 6.52. The second-order valence-corrected chi connectivity index (χ2v) is 7.00. The van der Waals surface area contributed by atoms with Crippen LogP contribution in [-0.4, -0.2) is 45.8 Å². The van der Waals surface area contributed by atoms with Gasteiger partial charge < -0.3 is 10.6 Å². The van der Waals surface area contributed by atoms with E-state index in [-0.39, 0.29) is 24.1 Å². The molecule has 1 atom stereocenters. The first-order chi connectivity index (χ1) is 8.55. The number of hydrogen-bond acceptors (Lipinski definition) is 4. The van der Waals surface area contributed by atoms with Crippen molar-refractivity contribution in [2.75, 3.05) is 25.4 Å². The number of carbonyl (C=O) groups excluding carboxylic acids is 1. The van der Waals surface area contributed by atoms with Gasteiger partial charge in [0.1, 0.15) is 0 Å². The number of carbonyl (C=O) groups is 1. The predicted octanol–water partition coefficient (Wildman–Crippen LogP) is -0.816. The molecule has 3 N–H and O–H groups in total. The number of rotatable bonds is 5. The van der Waals surface area contributed by atoms with E-state index in [1.54, 1.807) is 0 Å². The molecule has 2 heterocycles. The van der Waals surface area contributed by atoms with Crippen LogP contribution in [0.4, 0.5) is 0 Å². The number of piperidine rings is 1. The minimum atomic E-state index is -3.25. The first kappa shape index (κ1) is 13.8. The van der Waals surface area contributed by atoms with Crippen LogP contribution in [0.5, 0.6) is 0 Å². The average molecular weight is 275 g/mol. The Morgan fingerprint density at radius 2 is 2.00 bits per heavy atom. The molecule has 7 heteroatoms. The van der Waals surface area contributed by atoms with E-state index in [0.717, 1.165) is 25.9 Å². The lowest BCUT2D eigenvalue weighted by Crippen LogP contribution is -2.38. The lowest BCUT2D eigenvalue weighted by molar-refractivity contribution is -0.119. The van der Waals surface area contributed by atoms with Crippen LogP contribution in [0.15, 0.2) is 0 Å². The maximum absolute atomic E-state index is 11.9. The van der Waals surface area contributed by atoms with Crippen LogP contribution in [-0.2, 0) is 14.8 Å². The second-order valence-electron chi connectivity index (χ2n) is 5.12. The Bertz CT molecular complexity index is 390. The maximum atomic E-state index is 11.9. The van der Waals surface area contributed by atoms with Gasteiger partial charge in [0, 0.05) is 19.0 Å². The molecule has 1 unspecified atom stereocenters. The zero-order valence-corrected chi connectivity index (χ0v) is 11.3. The van der Waals surface area contributed by atoms with Gasteiger partial charge in [0.2, 0.25) is 15.9 Å². The minimum Gasteiger partial charge on any atom is -0.354 e. The van der Waals surface area contributed by atoms with Crippen molar-refractivity contribution in [3.05, 3.63) is 0 Å². The van der Waals surface area contributed by atoms with Gasteiger partial charge in [-0.2, -0.15) is 0 Å². The van der Waals surface area contributed by atoms with E-state index < -0.39 is 10.0 Å². The van der Waals surface area contributed by atoms with Crippen LogP contribution in [0.2, 0.25) is 0 Å². The van der Waals surface area contributed by atoms with Crippen molar-refractivity contribution in [3.8, 4) is 0 Å². The summed E-state index contributed by atoms with van der Waals surface area (Å²) < 4.78 is 26.3. The summed E-state index contributed by atoms with van der Waals surface area (Å²) in [4.78, 5) is 11.0. The summed E-state index contributed by atoms with van der Waals surface area (Å²) in [5, 5.41) is 5.89. The van der Waals surface area contributed by atoms with Gasteiger partial charge in [-0.1, -0.05) is 0 Å². The summed E-state index contributed by atoms with van der Waals surface area (Å²) in [6.45, 7) is 2.38. The molecule has 0 radical (unpaired) electrons. The first-order valence-corrected chi connectivity index (χ1v) is 8.18. The Kier molecular flexibility index (Phi) is 4.58. The van der Waals surface area contributed by atoms with Gasteiger partial charge in [-0.25, -0.2) is 13.1 Å². The number of nitrogens with one attached hydrogen (secondary N) is 3. The Labute approximate surface area is 108 Å². The zero-order chi connectivity index (χ0) is 13.0. The standard InChI is InChI=1S/C11H21N3O3S/c15-11-7-10(8-13-11)14-18(16,17)6-3-9-1-4-12-5-2-9/h9-10,12,14H,1-8H2,(H,13,15). The third kappa shape index (κ3) is 4.22. The summed E-state index contributed by atoms with van der Waals surface area (Å²) >= 11 is 0. The van der Waals surface area contributed by atoms with E-state index in [4.69, 9.17) is 0 Å². The molecule has 6 nitrogen and oxygen atoms in total. The highest BCUT2D eigenvalue weighted by molar-refractivity contribution is 7.89. The number of amides is 1. The minimum absolute atomic E-state index is 0.0824. The van der Waals surface area contributed by atoms with Gasteiger partial charge in [0.15, 0.2) is 0 Å². The molecule has 0 aromatic heterocycles. The highest BCUT2D eigenvalue weighted by Crippen LogP contribution is 2.16. The summed E-state index contributed by atoms with van der Waals surface area (Å²) in [5.41, 5.74) is 0. The van der Waals surface area contributed by atoms with Crippen LogP contribution >= 0.6 is 0 Å². The van der Waals surface area contributed by atoms with Crippen LogP contribution in [0.1, 0.15) is 25.7 Å².